The number of amides is 2. The van der Waals surface area contributed by atoms with Gasteiger partial charge in [-0.05, 0) is 31.4 Å². The van der Waals surface area contributed by atoms with Crippen molar-refractivity contribution in [2.75, 3.05) is 12.3 Å². The van der Waals surface area contributed by atoms with E-state index in [4.69, 9.17) is 0 Å². The number of thioether (sulfide) groups is 1. The molecule has 29 heavy (non-hydrogen) atoms. The smallest absolute Gasteiger partial charge is 0.242 e. The molecule has 0 aliphatic rings. The minimum Gasteiger partial charge on any atom is -0.354 e. The van der Waals surface area contributed by atoms with Crippen molar-refractivity contribution in [2.24, 2.45) is 0 Å². The van der Waals surface area contributed by atoms with E-state index >= 15 is 0 Å². The Morgan fingerprint density at radius 1 is 1.03 bits per heavy atom. The van der Waals surface area contributed by atoms with Crippen LogP contribution in [0.2, 0.25) is 0 Å². The van der Waals surface area contributed by atoms with E-state index in [2.05, 4.69) is 24.4 Å². The Balaban J connectivity index is 2.02. The first-order valence-electron chi connectivity index (χ1n) is 10.3. The molecule has 0 unspecified atom stereocenters. The molecule has 0 fully saturated rings. The maximum absolute atomic E-state index is 13.0. The van der Waals surface area contributed by atoms with Crippen LogP contribution in [-0.2, 0) is 21.9 Å². The number of unbranched alkanes of at least 4 members (excludes halogenated alkanes) is 1. The van der Waals surface area contributed by atoms with Gasteiger partial charge in [0.1, 0.15) is 6.04 Å². The molecule has 4 nitrogen and oxygen atoms in total. The van der Waals surface area contributed by atoms with Crippen molar-refractivity contribution < 1.29 is 9.59 Å². The molecule has 1 N–H and O–H groups in total. The van der Waals surface area contributed by atoms with Gasteiger partial charge in [-0.2, -0.15) is 0 Å². The van der Waals surface area contributed by atoms with E-state index in [0.717, 1.165) is 24.2 Å². The SMILES string of the molecule is CCCCNC(=O)[C@H](C)N(Cc1ccc(C)cc1)C(=O)CSCc1ccccc1. The summed E-state index contributed by atoms with van der Waals surface area (Å²) in [7, 11) is 0. The zero-order chi connectivity index (χ0) is 21.1. The Hall–Kier alpha value is -2.27. The molecule has 2 aromatic rings. The third-order valence-corrected chi connectivity index (χ3v) is 5.80. The maximum atomic E-state index is 13.0. The number of hydrogen-bond acceptors (Lipinski definition) is 3. The van der Waals surface area contributed by atoms with Crippen LogP contribution in [0.15, 0.2) is 54.6 Å². The molecule has 1 atom stereocenters. The molecule has 0 heterocycles. The third kappa shape index (κ3) is 7.94. The van der Waals surface area contributed by atoms with Gasteiger partial charge in [-0.1, -0.05) is 73.5 Å². The van der Waals surface area contributed by atoms with Gasteiger partial charge in [0, 0.05) is 18.8 Å². The first-order chi connectivity index (χ1) is 14.0. The van der Waals surface area contributed by atoms with Gasteiger partial charge in [0.05, 0.1) is 5.75 Å². The summed E-state index contributed by atoms with van der Waals surface area (Å²) >= 11 is 1.58. The molecule has 2 amide bonds. The Bertz CT molecular complexity index is 762. The Morgan fingerprint density at radius 2 is 1.72 bits per heavy atom. The van der Waals surface area contributed by atoms with Crippen molar-refractivity contribution >= 4 is 23.6 Å². The largest absolute Gasteiger partial charge is 0.354 e. The van der Waals surface area contributed by atoms with Crippen molar-refractivity contribution in [2.45, 2.75) is 52.0 Å². The van der Waals surface area contributed by atoms with Crippen LogP contribution in [0.3, 0.4) is 0 Å². The summed E-state index contributed by atoms with van der Waals surface area (Å²) in [5, 5.41) is 2.96. The van der Waals surface area contributed by atoms with Gasteiger partial charge >= 0.3 is 0 Å². The Labute approximate surface area is 179 Å². The summed E-state index contributed by atoms with van der Waals surface area (Å²) < 4.78 is 0. The van der Waals surface area contributed by atoms with Crippen molar-refractivity contribution in [1.29, 1.82) is 0 Å². The molecule has 0 aromatic heterocycles. The van der Waals surface area contributed by atoms with Crippen LogP contribution in [0, 0.1) is 6.92 Å². The van der Waals surface area contributed by atoms with Crippen LogP contribution in [0.5, 0.6) is 0 Å². The van der Waals surface area contributed by atoms with Crippen LogP contribution < -0.4 is 5.32 Å². The number of hydrogen-bond donors (Lipinski definition) is 1. The quantitative estimate of drug-likeness (QED) is 0.550. The van der Waals surface area contributed by atoms with E-state index in [9.17, 15) is 9.59 Å². The second-order valence-electron chi connectivity index (χ2n) is 7.31. The number of carbonyl (C=O) groups is 2. The van der Waals surface area contributed by atoms with Crippen LogP contribution in [-0.4, -0.2) is 35.1 Å². The summed E-state index contributed by atoms with van der Waals surface area (Å²) in [5.41, 5.74) is 3.40. The van der Waals surface area contributed by atoms with Crippen LogP contribution in [0.25, 0.3) is 0 Å². The molecule has 5 heteroatoms. The highest BCUT2D eigenvalue weighted by Crippen LogP contribution is 2.16. The zero-order valence-electron chi connectivity index (χ0n) is 17.7. The number of aryl methyl sites for hydroxylation is 1. The summed E-state index contributed by atoms with van der Waals surface area (Å²) in [5.74, 6) is 1.03. The van der Waals surface area contributed by atoms with Gasteiger partial charge < -0.3 is 10.2 Å². The lowest BCUT2D eigenvalue weighted by Crippen LogP contribution is -2.48. The monoisotopic (exact) mass is 412 g/mol. The minimum atomic E-state index is -0.502. The van der Waals surface area contributed by atoms with Crippen LogP contribution >= 0.6 is 11.8 Å². The summed E-state index contributed by atoms with van der Waals surface area (Å²) in [4.78, 5) is 27.3. The van der Waals surface area contributed by atoms with E-state index in [1.807, 2.05) is 56.3 Å². The van der Waals surface area contributed by atoms with Gasteiger partial charge in [0.25, 0.3) is 0 Å². The fourth-order valence-corrected chi connectivity index (χ4v) is 3.79. The van der Waals surface area contributed by atoms with Gasteiger partial charge in [-0.25, -0.2) is 0 Å². The van der Waals surface area contributed by atoms with Crippen molar-refractivity contribution in [1.82, 2.24) is 10.2 Å². The molecule has 0 radical (unpaired) electrons. The molecule has 2 rings (SSSR count). The molecule has 0 saturated heterocycles. The maximum Gasteiger partial charge on any atom is 0.242 e. The number of nitrogens with one attached hydrogen (secondary N) is 1. The normalized spacial score (nSPS) is 11.7. The first-order valence-corrected chi connectivity index (χ1v) is 11.4. The average Bonchev–Trinajstić information content (AvgIpc) is 2.73. The molecule has 0 bridgehead atoms. The van der Waals surface area contributed by atoms with Crippen molar-refractivity contribution in [3.63, 3.8) is 0 Å². The van der Waals surface area contributed by atoms with Crippen LogP contribution in [0.4, 0.5) is 0 Å². The Morgan fingerprint density at radius 3 is 2.38 bits per heavy atom. The summed E-state index contributed by atoms with van der Waals surface area (Å²) in [6.45, 7) is 7.03. The van der Waals surface area contributed by atoms with Crippen LogP contribution in [0.1, 0.15) is 43.4 Å². The molecule has 0 spiro atoms. The van der Waals surface area contributed by atoms with Gasteiger partial charge in [0.2, 0.25) is 11.8 Å². The van der Waals surface area contributed by atoms with E-state index in [-0.39, 0.29) is 11.8 Å². The van der Waals surface area contributed by atoms with Gasteiger partial charge in [-0.15, -0.1) is 11.8 Å². The molecule has 0 saturated carbocycles. The van der Waals surface area contributed by atoms with E-state index in [1.165, 1.54) is 11.1 Å². The van der Waals surface area contributed by atoms with E-state index < -0.39 is 6.04 Å². The summed E-state index contributed by atoms with van der Waals surface area (Å²) in [6, 6.07) is 17.7. The lowest BCUT2D eigenvalue weighted by Gasteiger charge is -2.29. The van der Waals surface area contributed by atoms with Crippen molar-refractivity contribution in [3.05, 3.63) is 71.3 Å². The fraction of sp³-hybridized carbons (Fsp3) is 0.417. The van der Waals surface area contributed by atoms with E-state index in [1.54, 1.807) is 16.7 Å². The fourth-order valence-electron chi connectivity index (χ4n) is 2.92. The first kappa shape index (κ1) is 23.0. The number of rotatable bonds is 11. The highest BCUT2D eigenvalue weighted by Gasteiger charge is 2.25. The summed E-state index contributed by atoms with van der Waals surface area (Å²) in [6.07, 6.45) is 1.97. The predicted molar refractivity (Wildman–Crippen MR) is 122 cm³/mol. The topological polar surface area (TPSA) is 49.4 Å². The Kier molecular flexibility index (Phi) is 9.78. The average molecular weight is 413 g/mol. The zero-order valence-corrected chi connectivity index (χ0v) is 18.5. The lowest BCUT2D eigenvalue weighted by molar-refractivity contribution is -0.138. The number of nitrogens with zero attached hydrogens (tertiary/aromatic N) is 1. The van der Waals surface area contributed by atoms with Gasteiger partial charge in [-0.3, -0.25) is 9.59 Å². The lowest BCUT2D eigenvalue weighted by atomic mass is 10.1. The standard InChI is InChI=1S/C24H32N2O2S/c1-4-5-15-25-24(28)20(3)26(16-21-13-11-19(2)12-14-21)23(27)18-29-17-22-9-7-6-8-10-22/h6-14,20H,4-5,15-18H2,1-3H3,(H,25,28)/t20-/m0/s1. The molecule has 0 aliphatic carbocycles. The molecule has 156 valence electrons. The highest BCUT2D eigenvalue weighted by atomic mass is 32.2. The molecular weight excluding hydrogens is 380 g/mol. The molecule has 2 aromatic carbocycles. The van der Waals surface area contributed by atoms with E-state index in [0.29, 0.717) is 18.8 Å². The second-order valence-corrected chi connectivity index (χ2v) is 8.29. The molecular formula is C24H32N2O2S. The third-order valence-electron chi connectivity index (χ3n) is 4.81. The van der Waals surface area contributed by atoms with Crippen molar-refractivity contribution in [3.8, 4) is 0 Å². The molecule has 0 aliphatic heterocycles. The second kappa shape index (κ2) is 12.3. The highest BCUT2D eigenvalue weighted by molar-refractivity contribution is 7.99. The number of benzene rings is 2. The van der Waals surface area contributed by atoms with Gasteiger partial charge in [0.15, 0.2) is 0 Å². The minimum absolute atomic E-state index is 0.00959. The predicted octanol–water partition coefficient (Wildman–Crippen LogP) is 4.56. The number of carbonyl (C=O) groups excluding carboxylic acids is 2.